The minimum absolute atomic E-state index is 0.154. The normalized spacial score (nSPS) is 14.9. The number of carbonyl (C=O) groups is 3. The van der Waals surface area contributed by atoms with Crippen LogP contribution in [-0.4, -0.2) is 79.2 Å². The van der Waals surface area contributed by atoms with E-state index in [0.717, 1.165) is 43.2 Å². The van der Waals surface area contributed by atoms with Gasteiger partial charge in [-0.2, -0.15) is 0 Å². The lowest BCUT2D eigenvalue weighted by molar-refractivity contribution is -0.150. The van der Waals surface area contributed by atoms with Gasteiger partial charge in [0, 0.05) is 32.2 Å². The number of halogens is 1. The van der Waals surface area contributed by atoms with Crippen LogP contribution in [0.15, 0.2) is 54.6 Å². The second-order valence-corrected chi connectivity index (χ2v) is 11.8. The second-order valence-electron chi connectivity index (χ2n) is 11.8. The van der Waals surface area contributed by atoms with Gasteiger partial charge in [0.25, 0.3) is 0 Å². The first kappa shape index (κ1) is 37.4. The summed E-state index contributed by atoms with van der Waals surface area (Å²) in [6, 6.07) is 12.5. The highest BCUT2D eigenvalue weighted by Gasteiger charge is 2.42. The number of aliphatic hydroxyl groups is 1. The van der Waals surface area contributed by atoms with Crippen molar-refractivity contribution in [2.75, 3.05) is 33.3 Å². The fourth-order valence-electron chi connectivity index (χ4n) is 5.47. The maximum Gasteiger partial charge on any atom is 0.245 e. The minimum Gasteiger partial charge on any atom is -0.492 e. The van der Waals surface area contributed by atoms with Gasteiger partial charge in [-0.1, -0.05) is 67.3 Å². The van der Waals surface area contributed by atoms with Crippen molar-refractivity contribution in [3.63, 3.8) is 0 Å². The molecule has 1 saturated carbocycles. The quantitative estimate of drug-likeness (QED) is 0.174. The van der Waals surface area contributed by atoms with Crippen molar-refractivity contribution in [2.45, 2.75) is 77.5 Å². The van der Waals surface area contributed by atoms with Crippen LogP contribution in [0.5, 0.6) is 5.75 Å². The number of nitrogens with zero attached hydrogens (tertiary/aromatic N) is 1. The predicted octanol–water partition coefficient (Wildman–Crippen LogP) is 4.23. The molecule has 45 heavy (non-hydrogen) atoms. The molecule has 0 heterocycles. The molecule has 248 valence electrons. The maximum atomic E-state index is 13.7. The molecule has 9 nitrogen and oxygen atoms in total. The molecule has 1 aliphatic rings. The van der Waals surface area contributed by atoms with Crippen LogP contribution in [0.3, 0.4) is 0 Å². The van der Waals surface area contributed by atoms with Crippen molar-refractivity contribution in [3.8, 4) is 5.75 Å². The average molecular weight is 627 g/mol. The summed E-state index contributed by atoms with van der Waals surface area (Å²) in [6.07, 6.45) is 9.56. The Bertz CT molecular complexity index is 1190. The number of rotatable bonds is 15. The summed E-state index contributed by atoms with van der Waals surface area (Å²) in [6.45, 7) is 8.48. The molecule has 1 aliphatic carbocycles. The molecule has 0 bridgehead atoms. The van der Waals surface area contributed by atoms with Gasteiger partial charge in [0.15, 0.2) is 0 Å². The van der Waals surface area contributed by atoms with Crippen LogP contribution in [0.2, 0.25) is 0 Å². The van der Waals surface area contributed by atoms with E-state index in [1.165, 1.54) is 17.0 Å². The molecule has 10 heteroatoms. The van der Waals surface area contributed by atoms with E-state index in [-0.39, 0.29) is 23.5 Å². The van der Waals surface area contributed by atoms with Crippen molar-refractivity contribution in [3.05, 3.63) is 71.6 Å². The third-order valence-electron chi connectivity index (χ3n) is 7.66. The van der Waals surface area contributed by atoms with Crippen LogP contribution < -0.4 is 20.7 Å². The Morgan fingerprint density at radius 1 is 1.11 bits per heavy atom. The molecule has 2 atom stereocenters. The lowest BCUT2D eigenvalue weighted by Crippen LogP contribution is -2.62. The standard InChI is InChI=1S/C28H44N4O5.C7H7F/c1-5-30-26(34)25(28(2,3)36)32(4)27(35)24(22-13-7-6-8-14-22)31-18-19-37-23-16-10-9-12-21(23)15-11-17-29-20-33;1-6-2-4-7(8)5-3-6/h9-12,15-16,20,22,24-25,31,36H,5-8,13-14,17-19H2,1-4H3,(H,29,33)(H,30,34);2-5H,1H3/b15-11+;. The van der Waals surface area contributed by atoms with Gasteiger partial charge in [0.2, 0.25) is 18.2 Å². The number of benzene rings is 2. The van der Waals surface area contributed by atoms with E-state index in [4.69, 9.17) is 4.74 Å². The Morgan fingerprint density at radius 3 is 2.38 bits per heavy atom. The van der Waals surface area contributed by atoms with Crippen LogP contribution in [-0.2, 0) is 14.4 Å². The van der Waals surface area contributed by atoms with Crippen molar-refractivity contribution in [2.24, 2.45) is 5.92 Å². The number of amides is 3. The third kappa shape index (κ3) is 13.0. The minimum atomic E-state index is -1.40. The highest BCUT2D eigenvalue weighted by Crippen LogP contribution is 2.28. The van der Waals surface area contributed by atoms with Gasteiger partial charge in [-0.25, -0.2) is 4.39 Å². The Morgan fingerprint density at radius 2 is 1.78 bits per heavy atom. The number of likely N-dealkylation sites (N-methyl/N-ethyl adjacent to an activating group) is 2. The largest absolute Gasteiger partial charge is 0.492 e. The molecule has 0 aliphatic heterocycles. The van der Waals surface area contributed by atoms with Gasteiger partial charge in [-0.3, -0.25) is 14.4 Å². The van der Waals surface area contributed by atoms with Gasteiger partial charge in [-0.05, 0) is 64.7 Å². The Hall–Kier alpha value is -3.76. The summed E-state index contributed by atoms with van der Waals surface area (Å²) in [7, 11) is 1.59. The van der Waals surface area contributed by atoms with Crippen LogP contribution in [0, 0.1) is 18.7 Å². The summed E-state index contributed by atoms with van der Waals surface area (Å²) in [5, 5.41) is 19.5. The van der Waals surface area contributed by atoms with Gasteiger partial charge in [-0.15, -0.1) is 0 Å². The zero-order valence-electron chi connectivity index (χ0n) is 27.4. The molecule has 1 fully saturated rings. The zero-order chi connectivity index (χ0) is 33.2. The van der Waals surface area contributed by atoms with Crippen molar-refractivity contribution < 1.29 is 28.6 Å². The Kier molecular flexibility index (Phi) is 16.3. The number of aryl methyl sites for hydroxylation is 1. The highest BCUT2D eigenvalue weighted by atomic mass is 19.1. The molecular formula is C35H51FN4O5. The fourth-order valence-corrected chi connectivity index (χ4v) is 5.47. The number of nitrogens with one attached hydrogen (secondary N) is 3. The topological polar surface area (TPSA) is 120 Å². The zero-order valence-corrected chi connectivity index (χ0v) is 27.4. The summed E-state index contributed by atoms with van der Waals surface area (Å²) < 4.78 is 18.1. The van der Waals surface area contributed by atoms with E-state index in [0.29, 0.717) is 38.4 Å². The molecule has 0 saturated heterocycles. The van der Waals surface area contributed by atoms with Crippen molar-refractivity contribution in [1.29, 1.82) is 0 Å². The monoisotopic (exact) mass is 626 g/mol. The smallest absolute Gasteiger partial charge is 0.245 e. The molecule has 2 aromatic carbocycles. The highest BCUT2D eigenvalue weighted by molar-refractivity contribution is 5.90. The lowest BCUT2D eigenvalue weighted by Gasteiger charge is -2.39. The predicted molar refractivity (Wildman–Crippen MR) is 176 cm³/mol. The summed E-state index contributed by atoms with van der Waals surface area (Å²) >= 11 is 0. The van der Waals surface area contributed by atoms with Gasteiger partial charge in [0.1, 0.15) is 24.2 Å². The van der Waals surface area contributed by atoms with Crippen LogP contribution in [0.1, 0.15) is 64.0 Å². The fraction of sp³-hybridized carbons (Fsp3) is 0.514. The first-order chi connectivity index (χ1) is 21.5. The van der Waals surface area contributed by atoms with Gasteiger partial charge in [0.05, 0.1) is 11.6 Å². The lowest BCUT2D eigenvalue weighted by atomic mass is 9.83. The third-order valence-corrected chi connectivity index (χ3v) is 7.66. The second kappa shape index (κ2) is 19.6. The Balaban J connectivity index is 0.000000761. The van der Waals surface area contributed by atoms with Gasteiger partial charge >= 0.3 is 0 Å². The molecular weight excluding hydrogens is 575 g/mol. The number of para-hydroxylation sites is 1. The van der Waals surface area contributed by atoms with E-state index >= 15 is 0 Å². The molecule has 3 rings (SSSR count). The van der Waals surface area contributed by atoms with Crippen LogP contribution >= 0.6 is 0 Å². The number of hydrogen-bond donors (Lipinski definition) is 4. The molecule has 0 aromatic heterocycles. The van der Waals surface area contributed by atoms with E-state index in [9.17, 15) is 23.9 Å². The molecule has 0 spiro atoms. The van der Waals surface area contributed by atoms with Crippen molar-refractivity contribution in [1.82, 2.24) is 20.9 Å². The first-order valence-corrected chi connectivity index (χ1v) is 15.8. The Labute approximate surface area is 267 Å². The van der Waals surface area contributed by atoms with E-state index in [1.807, 2.05) is 50.3 Å². The van der Waals surface area contributed by atoms with Crippen molar-refractivity contribution >= 4 is 24.3 Å². The summed E-state index contributed by atoms with van der Waals surface area (Å²) in [5.74, 6) is 0.125. The number of carbonyl (C=O) groups excluding carboxylic acids is 3. The molecule has 4 N–H and O–H groups in total. The molecule has 2 aromatic rings. The molecule has 0 radical (unpaired) electrons. The van der Waals surface area contributed by atoms with E-state index < -0.39 is 17.7 Å². The van der Waals surface area contributed by atoms with Crippen LogP contribution in [0.4, 0.5) is 4.39 Å². The molecule has 2 unspecified atom stereocenters. The first-order valence-electron chi connectivity index (χ1n) is 15.8. The number of hydrogen-bond acceptors (Lipinski definition) is 6. The average Bonchev–Trinajstić information content (AvgIpc) is 3.01. The maximum absolute atomic E-state index is 13.7. The van der Waals surface area contributed by atoms with E-state index in [2.05, 4.69) is 16.0 Å². The summed E-state index contributed by atoms with van der Waals surface area (Å²) in [4.78, 5) is 38.3. The van der Waals surface area contributed by atoms with Crippen LogP contribution in [0.25, 0.3) is 6.08 Å². The summed E-state index contributed by atoms with van der Waals surface area (Å²) in [5.41, 5.74) is 0.582. The van der Waals surface area contributed by atoms with E-state index in [1.54, 1.807) is 33.0 Å². The molecule has 3 amide bonds. The SMILES string of the molecule is CCNC(=O)C(N(C)C(=O)C(NCCOc1ccccc1/C=C/CNC=O)C1CCCCC1)C(C)(C)O.Cc1ccc(F)cc1. The van der Waals surface area contributed by atoms with Gasteiger partial charge < -0.3 is 30.7 Å². The number of ether oxygens (including phenoxy) is 1.